The third-order valence-corrected chi connectivity index (χ3v) is 5.01. The summed E-state index contributed by atoms with van der Waals surface area (Å²) in [7, 11) is 0. The fraction of sp³-hybridized carbons (Fsp3) is 0.381. The van der Waals surface area contributed by atoms with Crippen LogP contribution >= 0.6 is 0 Å². The molecule has 0 bridgehead atoms. The number of nitrogens with zero attached hydrogens (tertiary/aromatic N) is 1. The number of amides is 1. The van der Waals surface area contributed by atoms with E-state index in [1.807, 2.05) is 6.07 Å². The van der Waals surface area contributed by atoms with Gasteiger partial charge in [-0.3, -0.25) is 9.69 Å². The average Bonchev–Trinajstić information content (AvgIpc) is 3.20. The van der Waals surface area contributed by atoms with E-state index >= 15 is 0 Å². The summed E-state index contributed by atoms with van der Waals surface area (Å²) in [4.78, 5) is 15.0. The van der Waals surface area contributed by atoms with Crippen molar-refractivity contribution in [1.82, 2.24) is 10.2 Å². The van der Waals surface area contributed by atoms with Gasteiger partial charge in [-0.05, 0) is 30.2 Å². The summed E-state index contributed by atoms with van der Waals surface area (Å²) < 4.78 is 16.2. The number of benzene rings is 2. The van der Waals surface area contributed by atoms with Crippen LogP contribution < -0.4 is 14.8 Å². The first kappa shape index (κ1) is 17.8. The Hall–Kier alpha value is -2.57. The van der Waals surface area contributed by atoms with Gasteiger partial charge < -0.3 is 19.5 Å². The zero-order valence-corrected chi connectivity index (χ0v) is 15.2. The molecule has 27 heavy (non-hydrogen) atoms. The van der Waals surface area contributed by atoms with Crippen molar-refractivity contribution in [3.63, 3.8) is 0 Å². The van der Waals surface area contributed by atoms with Gasteiger partial charge in [-0.2, -0.15) is 0 Å². The van der Waals surface area contributed by atoms with Crippen molar-refractivity contribution in [3.8, 4) is 11.5 Å². The van der Waals surface area contributed by atoms with E-state index in [1.54, 1.807) is 18.2 Å². The molecule has 6 heteroatoms. The molecular weight excluding hydrogens is 344 g/mol. The number of carbonyl (C=O) groups excluding carboxylic acids is 1. The Kier molecular flexibility index (Phi) is 5.55. The molecule has 0 spiro atoms. The maximum Gasteiger partial charge on any atom is 0.251 e. The highest BCUT2D eigenvalue weighted by Crippen LogP contribution is 2.32. The Bertz CT molecular complexity index is 775. The first-order chi connectivity index (χ1) is 13.3. The van der Waals surface area contributed by atoms with E-state index in [-0.39, 0.29) is 18.7 Å². The summed E-state index contributed by atoms with van der Waals surface area (Å²) in [5, 5.41) is 3.09. The minimum atomic E-state index is -0.0976. The monoisotopic (exact) mass is 368 g/mol. The smallest absolute Gasteiger partial charge is 0.251 e. The normalized spacial score (nSPS) is 17.5. The highest BCUT2D eigenvalue weighted by atomic mass is 16.7. The quantitative estimate of drug-likeness (QED) is 0.846. The lowest BCUT2D eigenvalue weighted by molar-refractivity contribution is 0.0167. The van der Waals surface area contributed by atoms with E-state index in [9.17, 15) is 4.79 Å². The van der Waals surface area contributed by atoms with Crippen LogP contribution in [0.4, 0.5) is 0 Å². The molecule has 2 aromatic rings. The van der Waals surface area contributed by atoms with Crippen molar-refractivity contribution in [2.75, 3.05) is 39.6 Å². The molecule has 142 valence electrons. The molecule has 4 rings (SSSR count). The Balaban J connectivity index is 1.42. The van der Waals surface area contributed by atoms with Gasteiger partial charge in [0, 0.05) is 31.2 Å². The minimum Gasteiger partial charge on any atom is -0.454 e. The summed E-state index contributed by atoms with van der Waals surface area (Å²) in [5.41, 5.74) is 1.85. The largest absolute Gasteiger partial charge is 0.454 e. The Labute approximate surface area is 159 Å². The number of ether oxygens (including phenoxy) is 3. The molecule has 6 nitrogen and oxygen atoms in total. The molecule has 1 N–H and O–H groups in total. The number of rotatable bonds is 6. The molecule has 1 amide bonds. The van der Waals surface area contributed by atoms with Gasteiger partial charge in [-0.15, -0.1) is 0 Å². The maximum atomic E-state index is 12.6. The average molecular weight is 368 g/mol. The standard InChI is InChI=1S/C21H24N2O4/c24-21(17-6-7-19-20(13-17)27-15-26-19)22-14-18(23-8-10-25-11-9-23)12-16-4-2-1-3-5-16/h1-7,13,18H,8-12,14-15H2,(H,22,24). The van der Waals surface area contributed by atoms with Gasteiger partial charge >= 0.3 is 0 Å². The third-order valence-electron chi connectivity index (χ3n) is 5.01. The lowest BCUT2D eigenvalue weighted by atomic mass is 10.0. The Morgan fingerprint density at radius 2 is 1.81 bits per heavy atom. The van der Waals surface area contributed by atoms with E-state index in [0.29, 0.717) is 23.6 Å². The van der Waals surface area contributed by atoms with Gasteiger partial charge in [0.2, 0.25) is 6.79 Å². The van der Waals surface area contributed by atoms with Crippen molar-refractivity contribution in [1.29, 1.82) is 0 Å². The second kappa shape index (κ2) is 8.41. The number of fused-ring (bicyclic) bond motifs is 1. The maximum absolute atomic E-state index is 12.6. The summed E-state index contributed by atoms with van der Waals surface area (Å²) in [6.07, 6.45) is 0.891. The van der Waals surface area contributed by atoms with Gasteiger partial charge in [-0.25, -0.2) is 0 Å². The topological polar surface area (TPSA) is 60.0 Å². The van der Waals surface area contributed by atoms with Crippen molar-refractivity contribution in [2.24, 2.45) is 0 Å². The minimum absolute atomic E-state index is 0.0976. The van der Waals surface area contributed by atoms with Crippen LogP contribution in [-0.2, 0) is 11.2 Å². The van der Waals surface area contributed by atoms with Crippen molar-refractivity contribution in [2.45, 2.75) is 12.5 Å². The Morgan fingerprint density at radius 3 is 2.63 bits per heavy atom. The summed E-state index contributed by atoms with van der Waals surface area (Å²) in [6.45, 7) is 4.04. The summed E-state index contributed by atoms with van der Waals surface area (Å²) >= 11 is 0. The highest BCUT2D eigenvalue weighted by Gasteiger charge is 2.23. The van der Waals surface area contributed by atoms with Gasteiger partial charge in [0.25, 0.3) is 5.91 Å². The zero-order valence-electron chi connectivity index (χ0n) is 15.2. The van der Waals surface area contributed by atoms with Gasteiger partial charge in [0.1, 0.15) is 0 Å². The van der Waals surface area contributed by atoms with Crippen LogP contribution in [0, 0.1) is 0 Å². The molecule has 2 aliphatic rings. The summed E-state index contributed by atoms with van der Waals surface area (Å²) in [5.74, 6) is 1.21. The van der Waals surface area contributed by atoms with Crippen molar-refractivity contribution in [3.05, 3.63) is 59.7 Å². The SMILES string of the molecule is O=C(NCC(Cc1ccccc1)N1CCOCC1)c1ccc2c(c1)OCO2. The number of carbonyl (C=O) groups is 1. The number of nitrogens with one attached hydrogen (secondary N) is 1. The highest BCUT2D eigenvalue weighted by molar-refractivity contribution is 5.94. The molecule has 2 heterocycles. The number of hydrogen-bond acceptors (Lipinski definition) is 5. The van der Waals surface area contributed by atoms with Gasteiger partial charge in [0.05, 0.1) is 13.2 Å². The van der Waals surface area contributed by atoms with Gasteiger partial charge in [0.15, 0.2) is 11.5 Å². The number of hydrogen-bond donors (Lipinski definition) is 1. The molecule has 1 fully saturated rings. The fourth-order valence-corrected chi connectivity index (χ4v) is 3.51. The van der Waals surface area contributed by atoms with Gasteiger partial charge in [-0.1, -0.05) is 30.3 Å². The van der Waals surface area contributed by atoms with Crippen LogP contribution in [0.15, 0.2) is 48.5 Å². The molecule has 0 aromatic heterocycles. The van der Waals surface area contributed by atoms with Crippen LogP contribution in [0.2, 0.25) is 0 Å². The molecule has 1 atom stereocenters. The van der Waals surface area contributed by atoms with Crippen LogP contribution in [0.1, 0.15) is 15.9 Å². The van der Waals surface area contributed by atoms with Crippen LogP contribution in [0.3, 0.4) is 0 Å². The fourth-order valence-electron chi connectivity index (χ4n) is 3.51. The predicted octanol–water partition coefficient (Wildman–Crippen LogP) is 2.09. The molecule has 2 aromatic carbocycles. The van der Waals surface area contributed by atoms with Crippen LogP contribution in [0.25, 0.3) is 0 Å². The molecule has 0 saturated carbocycles. The summed E-state index contributed by atoms with van der Waals surface area (Å²) in [6, 6.07) is 15.9. The zero-order chi connectivity index (χ0) is 18.5. The second-order valence-corrected chi connectivity index (χ2v) is 6.77. The molecule has 0 aliphatic carbocycles. The molecule has 1 saturated heterocycles. The van der Waals surface area contributed by atoms with E-state index < -0.39 is 0 Å². The molecule has 0 radical (unpaired) electrons. The molecule has 1 unspecified atom stereocenters. The van der Waals surface area contributed by atoms with E-state index in [4.69, 9.17) is 14.2 Å². The van der Waals surface area contributed by atoms with E-state index in [0.717, 1.165) is 32.7 Å². The first-order valence-electron chi connectivity index (χ1n) is 9.33. The molecular formula is C21H24N2O4. The van der Waals surface area contributed by atoms with Crippen molar-refractivity contribution >= 4 is 5.91 Å². The lowest BCUT2D eigenvalue weighted by Gasteiger charge is -2.34. The molecule has 2 aliphatic heterocycles. The van der Waals surface area contributed by atoms with Crippen LogP contribution in [-0.4, -0.2) is 56.5 Å². The van der Waals surface area contributed by atoms with Crippen molar-refractivity contribution < 1.29 is 19.0 Å². The van der Waals surface area contributed by atoms with E-state index in [1.165, 1.54) is 5.56 Å². The lowest BCUT2D eigenvalue weighted by Crippen LogP contribution is -2.49. The third kappa shape index (κ3) is 4.40. The van der Waals surface area contributed by atoms with Crippen LogP contribution in [0.5, 0.6) is 11.5 Å². The first-order valence-corrected chi connectivity index (χ1v) is 9.33. The Morgan fingerprint density at radius 1 is 1.04 bits per heavy atom. The predicted molar refractivity (Wildman–Crippen MR) is 101 cm³/mol. The van der Waals surface area contributed by atoms with E-state index in [2.05, 4.69) is 34.5 Å². The number of morpholine rings is 1. The second-order valence-electron chi connectivity index (χ2n) is 6.77.